The summed E-state index contributed by atoms with van der Waals surface area (Å²) in [6, 6.07) is 7.77. The van der Waals surface area contributed by atoms with Gasteiger partial charge in [-0.05, 0) is 31.2 Å². The highest BCUT2D eigenvalue weighted by molar-refractivity contribution is 6.09. The van der Waals surface area contributed by atoms with Crippen LogP contribution in [0.2, 0.25) is 0 Å². The molecule has 0 spiro atoms. The third-order valence-corrected chi connectivity index (χ3v) is 3.83. The Morgan fingerprint density at radius 2 is 1.91 bits per heavy atom. The largest absolute Gasteiger partial charge is 0.481 e. The van der Waals surface area contributed by atoms with Gasteiger partial charge in [0.05, 0.1) is 0 Å². The summed E-state index contributed by atoms with van der Waals surface area (Å²) in [6.45, 7) is 4.21. The number of carboxylic acid groups (broad SMARTS) is 1. The van der Waals surface area contributed by atoms with E-state index in [0.29, 0.717) is 25.2 Å². The van der Waals surface area contributed by atoms with Crippen LogP contribution >= 0.6 is 0 Å². The van der Waals surface area contributed by atoms with E-state index in [1.54, 1.807) is 0 Å². The zero-order valence-corrected chi connectivity index (χ0v) is 13.2. The van der Waals surface area contributed by atoms with Gasteiger partial charge in [-0.3, -0.25) is 9.59 Å². The van der Waals surface area contributed by atoms with E-state index in [1.165, 1.54) is 0 Å². The second-order valence-corrected chi connectivity index (χ2v) is 6.13. The highest BCUT2D eigenvalue weighted by atomic mass is 16.4. The zero-order chi connectivity index (χ0) is 16.1. The van der Waals surface area contributed by atoms with Crippen LogP contribution in [0.3, 0.4) is 0 Å². The predicted octanol–water partition coefficient (Wildman–Crippen LogP) is 4.19. The molecule has 0 aliphatic carbocycles. The monoisotopic (exact) mass is 301 g/mol. The Balaban J connectivity index is 2.27. The van der Waals surface area contributed by atoms with Gasteiger partial charge in [0.25, 0.3) is 0 Å². The Labute approximate surface area is 130 Å². The first-order valence-electron chi connectivity index (χ1n) is 7.83. The standard InChI is InChI=1S/C18H23NO3/c1-12(2)10-11-16(20)18-13-6-3-4-7-14(13)19-15(18)8-5-9-17(21)22/h3-4,6-7,12,19H,5,8-11H2,1-2H3,(H,21,22). The van der Waals surface area contributed by atoms with Crippen molar-refractivity contribution >= 4 is 22.7 Å². The Hall–Kier alpha value is -2.10. The normalized spacial score (nSPS) is 11.2. The van der Waals surface area contributed by atoms with E-state index in [9.17, 15) is 9.59 Å². The number of benzene rings is 1. The van der Waals surface area contributed by atoms with E-state index in [4.69, 9.17) is 5.11 Å². The number of carboxylic acids is 1. The number of ketones is 1. The lowest BCUT2D eigenvalue weighted by Crippen LogP contribution is -2.05. The first-order chi connectivity index (χ1) is 10.5. The SMILES string of the molecule is CC(C)CCC(=O)c1c(CCCC(=O)O)[nH]c2ccccc12. The molecule has 2 N–H and O–H groups in total. The van der Waals surface area contributed by atoms with Crippen LogP contribution in [0.1, 0.15) is 55.6 Å². The molecule has 0 bridgehead atoms. The minimum absolute atomic E-state index is 0.120. The van der Waals surface area contributed by atoms with Crippen molar-refractivity contribution in [3.8, 4) is 0 Å². The molecule has 0 aliphatic rings. The molecule has 0 saturated heterocycles. The number of aromatic nitrogens is 1. The lowest BCUT2D eigenvalue weighted by Gasteiger charge is -2.06. The van der Waals surface area contributed by atoms with Gasteiger partial charge in [-0.25, -0.2) is 0 Å². The van der Waals surface area contributed by atoms with Gasteiger partial charge in [-0.15, -0.1) is 0 Å². The zero-order valence-electron chi connectivity index (χ0n) is 13.2. The van der Waals surface area contributed by atoms with Gasteiger partial charge in [0.1, 0.15) is 0 Å². The third kappa shape index (κ3) is 3.97. The molecule has 2 rings (SSSR count). The van der Waals surface area contributed by atoms with E-state index in [0.717, 1.165) is 28.6 Å². The van der Waals surface area contributed by atoms with Crippen molar-refractivity contribution in [2.75, 3.05) is 0 Å². The molecule has 22 heavy (non-hydrogen) atoms. The van der Waals surface area contributed by atoms with Crippen molar-refractivity contribution in [2.45, 2.75) is 46.0 Å². The molecule has 1 heterocycles. The molecule has 118 valence electrons. The van der Waals surface area contributed by atoms with Gasteiger partial charge in [0, 0.05) is 35.0 Å². The molecule has 0 aliphatic heterocycles. The van der Waals surface area contributed by atoms with Crippen LogP contribution in [0.15, 0.2) is 24.3 Å². The summed E-state index contributed by atoms with van der Waals surface area (Å²) >= 11 is 0. The molecule has 0 unspecified atom stereocenters. The number of aliphatic carboxylic acids is 1. The molecule has 1 aromatic heterocycles. The van der Waals surface area contributed by atoms with Crippen LogP contribution in [-0.2, 0) is 11.2 Å². The van der Waals surface area contributed by atoms with Gasteiger partial charge in [0.15, 0.2) is 5.78 Å². The lowest BCUT2D eigenvalue weighted by molar-refractivity contribution is -0.137. The number of fused-ring (bicyclic) bond motifs is 1. The van der Waals surface area contributed by atoms with Gasteiger partial charge >= 0.3 is 5.97 Å². The van der Waals surface area contributed by atoms with Crippen LogP contribution in [-0.4, -0.2) is 21.8 Å². The van der Waals surface area contributed by atoms with E-state index in [1.807, 2.05) is 24.3 Å². The molecule has 2 aromatic rings. The number of hydrogen-bond donors (Lipinski definition) is 2. The summed E-state index contributed by atoms with van der Waals surface area (Å²) in [5.74, 6) is -0.162. The number of nitrogens with one attached hydrogen (secondary N) is 1. The third-order valence-electron chi connectivity index (χ3n) is 3.83. The Morgan fingerprint density at radius 3 is 2.59 bits per heavy atom. The predicted molar refractivity (Wildman–Crippen MR) is 87.3 cm³/mol. The second kappa shape index (κ2) is 7.25. The lowest BCUT2D eigenvalue weighted by atomic mass is 9.97. The number of rotatable bonds is 8. The molecular weight excluding hydrogens is 278 g/mol. The van der Waals surface area contributed by atoms with Crippen LogP contribution in [0.5, 0.6) is 0 Å². The molecule has 0 radical (unpaired) electrons. The quantitative estimate of drug-likeness (QED) is 0.718. The highest BCUT2D eigenvalue weighted by Gasteiger charge is 2.18. The minimum atomic E-state index is -0.802. The summed E-state index contributed by atoms with van der Waals surface area (Å²) in [5.41, 5.74) is 2.57. The number of para-hydroxylation sites is 1. The van der Waals surface area contributed by atoms with Crippen molar-refractivity contribution in [1.82, 2.24) is 4.98 Å². The number of aryl methyl sites for hydroxylation is 1. The van der Waals surface area contributed by atoms with E-state index in [-0.39, 0.29) is 12.2 Å². The average Bonchev–Trinajstić information content (AvgIpc) is 2.82. The van der Waals surface area contributed by atoms with E-state index in [2.05, 4.69) is 18.8 Å². The van der Waals surface area contributed by atoms with Crippen LogP contribution in [0, 0.1) is 5.92 Å². The first kappa shape index (κ1) is 16.3. The maximum Gasteiger partial charge on any atom is 0.303 e. The number of carbonyl (C=O) groups excluding carboxylic acids is 1. The molecule has 4 heteroatoms. The minimum Gasteiger partial charge on any atom is -0.481 e. The van der Waals surface area contributed by atoms with Crippen molar-refractivity contribution in [3.05, 3.63) is 35.5 Å². The Kier molecular flexibility index (Phi) is 5.36. The number of carbonyl (C=O) groups is 2. The number of H-pyrrole nitrogens is 1. The van der Waals surface area contributed by atoms with Crippen LogP contribution < -0.4 is 0 Å². The maximum atomic E-state index is 12.6. The van der Waals surface area contributed by atoms with Crippen molar-refractivity contribution < 1.29 is 14.7 Å². The second-order valence-electron chi connectivity index (χ2n) is 6.13. The molecule has 0 atom stereocenters. The fourth-order valence-corrected chi connectivity index (χ4v) is 2.66. The van der Waals surface area contributed by atoms with Crippen LogP contribution in [0.4, 0.5) is 0 Å². The fourth-order valence-electron chi connectivity index (χ4n) is 2.66. The Bertz CT molecular complexity index is 670. The molecular formula is C18H23NO3. The summed E-state index contributed by atoms with van der Waals surface area (Å²) in [4.78, 5) is 26.6. The summed E-state index contributed by atoms with van der Waals surface area (Å²) < 4.78 is 0. The fraction of sp³-hybridized carbons (Fsp3) is 0.444. The molecule has 4 nitrogen and oxygen atoms in total. The molecule has 0 amide bonds. The summed E-state index contributed by atoms with van der Waals surface area (Å²) in [6.07, 6.45) is 2.64. The van der Waals surface area contributed by atoms with Crippen molar-refractivity contribution in [1.29, 1.82) is 0 Å². The van der Waals surface area contributed by atoms with Gasteiger partial charge in [-0.2, -0.15) is 0 Å². The number of aromatic amines is 1. The molecule has 1 aromatic carbocycles. The van der Waals surface area contributed by atoms with Gasteiger partial charge in [0.2, 0.25) is 0 Å². The summed E-state index contributed by atoms with van der Waals surface area (Å²) in [7, 11) is 0. The molecule has 0 saturated carbocycles. The van der Waals surface area contributed by atoms with E-state index < -0.39 is 5.97 Å². The van der Waals surface area contributed by atoms with Crippen LogP contribution in [0.25, 0.3) is 10.9 Å². The topological polar surface area (TPSA) is 70.2 Å². The van der Waals surface area contributed by atoms with E-state index >= 15 is 0 Å². The summed E-state index contributed by atoms with van der Waals surface area (Å²) in [5, 5.41) is 9.72. The first-order valence-corrected chi connectivity index (χ1v) is 7.83. The average molecular weight is 301 g/mol. The smallest absolute Gasteiger partial charge is 0.303 e. The Morgan fingerprint density at radius 1 is 1.18 bits per heavy atom. The van der Waals surface area contributed by atoms with Crippen molar-refractivity contribution in [2.24, 2.45) is 5.92 Å². The number of hydrogen-bond acceptors (Lipinski definition) is 2. The highest BCUT2D eigenvalue weighted by Crippen LogP contribution is 2.26. The van der Waals surface area contributed by atoms with Gasteiger partial charge in [-0.1, -0.05) is 32.0 Å². The number of Topliss-reactive ketones (excluding diaryl/α,β-unsaturated/α-hetero) is 1. The maximum absolute atomic E-state index is 12.6. The van der Waals surface area contributed by atoms with Crippen molar-refractivity contribution in [3.63, 3.8) is 0 Å². The molecule has 0 fully saturated rings. The van der Waals surface area contributed by atoms with Gasteiger partial charge < -0.3 is 10.1 Å².